The number of nitrogens with one attached hydrogen (secondary N) is 1. The van der Waals surface area contributed by atoms with E-state index in [1.54, 1.807) is 0 Å². The molecule has 76 valence electrons. The van der Waals surface area contributed by atoms with Crippen LogP contribution in [0.2, 0.25) is 0 Å². The Bertz CT molecular complexity index is 63.5. The van der Waals surface area contributed by atoms with Crippen LogP contribution in [0.4, 0.5) is 0 Å². The van der Waals surface area contributed by atoms with Crippen LogP contribution in [0.15, 0.2) is 0 Å². The van der Waals surface area contributed by atoms with E-state index in [1.807, 2.05) is 20.8 Å². The van der Waals surface area contributed by atoms with Gasteiger partial charge in [0.15, 0.2) is 0 Å². The van der Waals surface area contributed by atoms with Crippen molar-refractivity contribution in [3.05, 3.63) is 0 Å². The van der Waals surface area contributed by atoms with Gasteiger partial charge in [-0.15, -0.1) is 0 Å². The second-order valence-corrected chi connectivity index (χ2v) is 2.55. The lowest BCUT2D eigenvalue weighted by molar-refractivity contribution is -0.109. The van der Waals surface area contributed by atoms with Crippen molar-refractivity contribution in [2.45, 2.75) is 47.1 Å². The van der Waals surface area contributed by atoms with Gasteiger partial charge in [0.2, 0.25) is 6.41 Å². The summed E-state index contributed by atoms with van der Waals surface area (Å²) in [4.78, 5) is 9.50. The summed E-state index contributed by atoms with van der Waals surface area (Å²) in [6.07, 6.45) is 1.95. The molecular formula is C9H24N2O. The lowest BCUT2D eigenvalue weighted by atomic mass is 10.4. The summed E-state index contributed by atoms with van der Waals surface area (Å²) in [5.41, 5.74) is 4.85. The summed E-state index contributed by atoms with van der Waals surface area (Å²) in [7, 11) is 0. The zero-order valence-corrected chi connectivity index (χ0v) is 9.05. The third kappa shape index (κ3) is 113. The van der Waals surface area contributed by atoms with Gasteiger partial charge < -0.3 is 11.1 Å². The lowest BCUT2D eigenvalue weighted by Crippen LogP contribution is -2.19. The first-order valence-electron chi connectivity index (χ1n) is 4.50. The van der Waals surface area contributed by atoms with E-state index in [0.717, 1.165) is 6.54 Å². The number of rotatable bonds is 2. The number of amides is 1. The molecule has 0 aromatic carbocycles. The van der Waals surface area contributed by atoms with Gasteiger partial charge in [-0.05, 0) is 20.4 Å². The van der Waals surface area contributed by atoms with Gasteiger partial charge in [-0.3, -0.25) is 4.79 Å². The molecule has 0 rings (SSSR count). The number of nitrogens with two attached hydrogens (primary N) is 1. The zero-order chi connectivity index (χ0) is 10.4. The van der Waals surface area contributed by atoms with Crippen LogP contribution in [0.5, 0.6) is 0 Å². The van der Waals surface area contributed by atoms with Gasteiger partial charge in [0, 0.05) is 6.04 Å². The Balaban J connectivity index is -0.000000115. The van der Waals surface area contributed by atoms with Crippen LogP contribution in [-0.4, -0.2) is 19.0 Å². The predicted molar refractivity (Wildman–Crippen MR) is 55.0 cm³/mol. The van der Waals surface area contributed by atoms with Crippen LogP contribution < -0.4 is 11.1 Å². The highest BCUT2D eigenvalue weighted by Gasteiger charge is 1.81. The third-order valence-electron chi connectivity index (χ3n) is 0.401. The molecule has 0 aromatic rings. The average Bonchev–Trinajstić information content (AvgIpc) is 1.89. The van der Waals surface area contributed by atoms with Gasteiger partial charge in [-0.1, -0.05) is 27.2 Å². The molecule has 0 unspecified atom stereocenters. The molecule has 0 aliphatic carbocycles. The van der Waals surface area contributed by atoms with Gasteiger partial charge in [-0.2, -0.15) is 0 Å². The van der Waals surface area contributed by atoms with Gasteiger partial charge in [0.1, 0.15) is 0 Å². The number of carbonyl (C=O) groups is 1. The highest BCUT2D eigenvalue weighted by Crippen LogP contribution is 1.67. The maximum atomic E-state index is 9.50. The van der Waals surface area contributed by atoms with E-state index in [2.05, 4.69) is 19.2 Å². The zero-order valence-electron chi connectivity index (χ0n) is 9.05. The Morgan fingerprint density at radius 1 is 1.33 bits per heavy atom. The second-order valence-electron chi connectivity index (χ2n) is 2.55. The normalized spacial score (nSPS) is 7.25. The molecule has 0 aliphatic heterocycles. The largest absolute Gasteiger partial charge is 0.357 e. The fraction of sp³-hybridized carbons (Fsp3) is 0.889. The van der Waals surface area contributed by atoms with Crippen LogP contribution in [0.1, 0.15) is 41.0 Å². The molecule has 0 atom stereocenters. The molecule has 0 bridgehead atoms. The Morgan fingerprint density at radius 3 is 1.58 bits per heavy atom. The molecule has 1 amide bonds. The quantitative estimate of drug-likeness (QED) is 0.627. The second kappa shape index (κ2) is 22.4. The molecule has 12 heavy (non-hydrogen) atoms. The molecule has 0 radical (unpaired) electrons. The monoisotopic (exact) mass is 176 g/mol. The van der Waals surface area contributed by atoms with Crippen LogP contribution in [0.3, 0.4) is 0 Å². The van der Waals surface area contributed by atoms with Gasteiger partial charge in [0.05, 0.1) is 0 Å². The van der Waals surface area contributed by atoms with Crippen molar-refractivity contribution in [2.24, 2.45) is 5.73 Å². The van der Waals surface area contributed by atoms with E-state index < -0.39 is 0 Å². The van der Waals surface area contributed by atoms with Crippen LogP contribution >= 0.6 is 0 Å². The Morgan fingerprint density at radius 2 is 1.58 bits per heavy atom. The van der Waals surface area contributed by atoms with Crippen molar-refractivity contribution in [1.29, 1.82) is 0 Å². The average molecular weight is 176 g/mol. The Labute approximate surface area is 76.7 Å². The van der Waals surface area contributed by atoms with E-state index >= 15 is 0 Å². The first-order valence-corrected chi connectivity index (χ1v) is 4.50. The van der Waals surface area contributed by atoms with Gasteiger partial charge in [0.25, 0.3) is 0 Å². The molecule has 0 aliphatic rings. The van der Waals surface area contributed by atoms with E-state index in [0.29, 0.717) is 6.41 Å². The highest BCUT2D eigenvalue weighted by molar-refractivity contribution is 5.46. The summed E-state index contributed by atoms with van der Waals surface area (Å²) < 4.78 is 0. The SMILES string of the molecule is CC(C)NC=O.CCC.CCN. The summed E-state index contributed by atoms with van der Waals surface area (Å²) >= 11 is 0. The molecule has 0 saturated carbocycles. The molecule has 3 heteroatoms. The van der Waals surface area contributed by atoms with Crippen molar-refractivity contribution in [1.82, 2.24) is 5.32 Å². The van der Waals surface area contributed by atoms with Crippen LogP contribution in [-0.2, 0) is 4.79 Å². The minimum absolute atomic E-state index is 0.280. The van der Waals surface area contributed by atoms with E-state index in [4.69, 9.17) is 5.73 Å². The van der Waals surface area contributed by atoms with E-state index in [-0.39, 0.29) is 6.04 Å². The van der Waals surface area contributed by atoms with E-state index in [1.165, 1.54) is 6.42 Å². The minimum atomic E-state index is 0.280. The molecule has 3 nitrogen and oxygen atoms in total. The molecule has 0 aromatic heterocycles. The number of carbonyl (C=O) groups excluding carboxylic acids is 1. The van der Waals surface area contributed by atoms with Crippen molar-refractivity contribution in [3.63, 3.8) is 0 Å². The van der Waals surface area contributed by atoms with Crippen molar-refractivity contribution in [3.8, 4) is 0 Å². The van der Waals surface area contributed by atoms with Gasteiger partial charge >= 0.3 is 0 Å². The lowest BCUT2D eigenvalue weighted by Gasteiger charge is -1.96. The smallest absolute Gasteiger partial charge is 0.207 e. The number of hydrogen-bond acceptors (Lipinski definition) is 2. The molecular weight excluding hydrogens is 152 g/mol. The molecule has 0 saturated heterocycles. The Kier molecular flexibility index (Phi) is 32.7. The molecule has 0 fully saturated rings. The fourth-order valence-corrected chi connectivity index (χ4v) is 0.136. The van der Waals surface area contributed by atoms with Crippen molar-refractivity contribution < 1.29 is 4.79 Å². The van der Waals surface area contributed by atoms with Crippen molar-refractivity contribution in [2.75, 3.05) is 6.54 Å². The van der Waals surface area contributed by atoms with Gasteiger partial charge in [-0.25, -0.2) is 0 Å². The van der Waals surface area contributed by atoms with E-state index in [9.17, 15) is 4.79 Å². The fourth-order valence-electron chi connectivity index (χ4n) is 0.136. The highest BCUT2D eigenvalue weighted by atomic mass is 16.1. The molecule has 3 N–H and O–H groups in total. The minimum Gasteiger partial charge on any atom is -0.357 e. The predicted octanol–water partition coefficient (Wildman–Crippen LogP) is 1.52. The van der Waals surface area contributed by atoms with Crippen molar-refractivity contribution >= 4 is 6.41 Å². The van der Waals surface area contributed by atoms with Crippen LogP contribution in [0.25, 0.3) is 0 Å². The summed E-state index contributed by atoms with van der Waals surface area (Å²) in [6, 6.07) is 0.280. The topological polar surface area (TPSA) is 55.1 Å². The molecule has 0 heterocycles. The molecule has 0 spiro atoms. The summed E-state index contributed by atoms with van der Waals surface area (Å²) in [5, 5.41) is 2.53. The first-order chi connectivity index (χ1) is 5.60. The maximum absolute atomic E-state index is 9.50. The number of hydrogen-bond donors (Lipinski definition) is 2. The third-order valence-corrected chi connectivity index (χ3v) is 0.401. The maximum Gasteiger partial charge on any atom is 0.207 e. The standard InChI is InChI=1S/C4H9NO.C3H8.C2H7N/c1-4(2)5-3-6;1-3-2;1-2-3/h3-4H,1-2H3,(H,5,6);3H2,1-2H3;2-3H2,1H3. The summed E-state index contributed by atoms with van der Waals surface area (Å²) in [5.74, 6) is 0. The van der Waals surface area contributed by atoms with Crippen LogP contribution in [0, 0.1) is 0 Å². The Hall–Kier alpha value is -0.570. The first kappa shape index (κ1) is 17.5. The summed E-state index contributed by atoms with van der Waals surface area (Å²) in [6.45, 7) is 10.7.